The Morgan fingerprint density at radius 3 is 2.00 bits per heavy atom. The van der Waals surface area contributed by atoms with Crippen LogP contribution in [-0.2, 0) is 39.9 Å². The fourth-order valence-corrected chi connectivity index (χ4v) is 2.82. The van der Waals surface area contributed by atoms with Crippen molar-refractivity contribution in [1.82, 2.24) is 10.6 Å². The van der Waals surface area contributed by atoms with Gasteiger partial charge in [0, 0.05) is 6.42 Å². The summed E-state index contributed by atoms with van der Waals surface area (Å²) in [6.07, 6.45) is -3.53. The number of nitrogens with one attached hydrogen (secondary N) is 2. The van der Waals surface area contributed by atoms with Gasteiger partial charge in [-0.25, -0.2) is 9.59 Å². The van der Waals surface area contributed by atoms with Gasteiger partial charge in [-0.05, 0) is 5.56 Å². The summed E-state index contributed by atoms with van der Waals surface area (Å²) in [5.74, 6) is -8.42. The lowest BCUT2D eigenvalue weighted by Gasteiger charge is -2.24. The summed E-state index contributed by atoms with van der Waals surface area (Å²) in [5.41, 5.74) is -2.34. The topological polar surface area (TPSA) is 217 Å². The maximum atomic E-state index is 12.6. The molecule has 2 amide bonds. The molecule has 33 heavy (non-hydrogen) atoms. The first kappa shape index (κ1) is 27.0. The number of rotatable bonds is 13. The smallest absolute Gasteiger partial charge is 0.336 e. The van der Waals surface area contributed by atoms with Crippen molar-refractivity contribution in [3.63, 3.8) is 0 Å². The number of esters is 1. The van der Waals surface area contributed by atoms with Gasteiger partial charge in [0.15, 0.2) is 5.60 Å². The molecule has 1 aromatic rings. The van der Waals surface area contributed by atoms with Gasteiger partial charge in [-0.2, -0.15) is 0 Å². The highest BCUT2D eigenvalue weighted by molar-refractivity contribution is 5.95. The number of methoxy groups -OCH3 is 1. The van der Waals surface area contributed by atoms with Crippen LogP contribution in [0.2, 0.25) is 0 Å². The lowest BCUT2D eigenvalue weighted by atomic mass is 9.95. The molecule has 6 N–H and O–H groups in total. The molecular formula is C20H24N2O11. The van der Waals surface area contributed by atoms with Crippen LogP contribution in [0.25, 0.3) is 0 Å². The second kappa shape index (κ2) is 12.1. The molecule has 0 fully saturated rings. The minimum Gasteiger partial charge on any atom is -0.481 e. The number of hydrogen-bond donors (Lipinski definition) is 6. The number of carbonyl (C=O) groups excluding carboxylic acids is 3. The standard InChI is InChI=1S/C20H24N2O11/c1-33-18(29)13(7-11-5-3-2-4-6-11)22-17(28)12(8-15(24)25)21-14(23)9-20(32,19(30)31)10-16(26)27/h2-6,12-13,32H,7-10H2,1H3,(H,21,23)(H,22,28)(H,24,25)(H,26,27)(H,30,31). The minimum atomic E-state index is -2.98. The van der Waals surface area contributed by atoms with E-state index in [0.717, 1.165) is 7.11 Å². The van der Waals surface area contributed by atoms with Gasteiger partial charge < -0.3 is 35.8 Å². The molecule has 180 valence electrons. The Hall–Kier alpha value is -4.00. The number of carboxylic acid groups (broad SMARTS) is 3. The number of benzene rings is 1. The highest BCUT2D eigenvalue weighted by Gasteiger charge is 2.41. The first-order valence-electron chi connectivity index (χ1n) is 9.48. The van der Waals surface area contributed by atoms with Gasteiger partial charge in [0.2, 0.25) is 11.8 Å². The molecule has 0 heterocycles. The summed E-state index contributed by atoms with van der Waals surface area (Å²) in [7, 11) is 1.08. The van der Waals surface area contributed by atoms with E-state index >= 15 is 0 Å². The maximum absolute atomic E-state index is 12.6. The summed E-state index contributed by atoms with van der Waals surface area (Å²) in [4.78, 5) is 70.1. The Kier molecular flexibility index (Phi) is 9.95. The van der Waals surface area contributed by atoms with Crippen molar-refractivity contribution in [1.29, 1.82) is 0 Å². The van der Waals surface area contributed by atoms with Gasteiger partial charge in [-0.3, -0.25) is 19.2 Å². The van der Waals surface area contributed by atoms with Crippen LogP contribution in [0.15, 0.2) is 30.3 Å². The predicted molar refractivity (Wildman–Crippen MR) is 108 cm³/mol. The van der Waals surface area contributed by atoms with E-state index in [1.807, 2.05) is 5.32 Å². The first-order chi connectivity index (χ1) is 15.4. The van der Waals surface area contributed by atoms with Gasteiger partial charge in [0.25, 0.3) is 0 Å². The van der Waals surface area contributed by atoms with E-state index < -0.39 is 72.6 Å². The molecule has 0 saturated carbocycles. The number of amides is 2. The summed E-state index contributed by atoms with van der Waals surface area (Å²) in [5, 5.41) is 41.1. The van der Waals surface area contributed by atoms with Crippen LogP contribution in [0.1, 0.15) is 24.8 Å². The van der Waals surface area contributed by atoms with Crippen molar-refractivity contribution in [2.24, 2.45) is 0 Å². The van der Waals surface area contributed by atoms with E-state index in [1.165, 1.54) is 0 Å². The summed E-state index contributed by atoms with van der Waals surface area (Å²) < 4.78 is 4.65. The molecule has 13 nitrogen and oxygen atoms in total. The van der Waals surface area contributed by atoms with Crippen LogP contribution in [0, 0.1) is 0 Å². The molecule has 0 aliphatic rings. The van der Waals surface area contributed by atoms with E-state index in [-0.39, 0.29) is 6.42 Å². The molecule has 0 aliphatic heterocycles. The monoisotopic (exact) mass is 468 g/mol. The fraction of sp³-hybridized carbons (Fsp3) is 0.400. The van der Waals surface area contributed by atoms with Crippen molar-refractivity contribution < 1.29 is 53.9 Å². The van der Waals surface area contributed by atoms with Crippen molar-refractivity contribution in [3.05, 3.63) is 35.9 Å². The third-order valence-corrected chi connectivity index (χ3v) is 4.41. The second-order valence-electron chi connectivity index (χ2n) is 7.08. The zero-order chi connectivity index (χ0) is 25.2. The van der Waals surface area contributed by atoms with Crippen LogP contribution >= 0.6 is 0 Å². The highest BCUT2D eigenvalue weighted by Crippen LogP contribution is 2.16. The van der Waals surface area contributed by atoms with E-state index in [4.69, 9.17) is 15.3 Å². The molecule has 1 rings (SSSR count). The molecule has 3 atom stereocenters. The Morgan fingerprint density at radius 1 is 0.909 bits per heavy atom. The van der Waals surface area contributed by atoms with Crippen molar-refractivity contribution in [3.8, 4) is 0 Å². The molecule has 0 aromatic heterocycles. The van der Waals surface area contributed by atoms with E-state index in [0.29, 0.717) is 5.56 Å². The molecule has 3 unspecified atom stereocenters. The van der Waals surface area contributed by atoms with Crippen LogP contribution in [0.4, 0.5) is 0 Å². The summed E-state index contributed by atoms with van der Waals surface area (Å²) in [6, 6.07) is 5.47. The number of carboxylic acids is 3. The SMILES string of the molecule is COC(=O)C(Cc1ccccc1)NC(=O)C(CC(=O)O)NC(=O)CC(O)(CC(=O)O)C(=O)O. The Bertz CT molecular complexity index is 903. The predicted octanol–water partition coefficient (Wildman–Crippen LogP) is -1.47. The van der Waals surface area contributed by atoms with E-state index in [2.05, 4.69) is 10.1 Å². The van der Waals surface area contributed by atoms with Crippen molar-refractivity contribution in [2.45, 2.75) is 43.4 Å². The van der Waals surface area contributed by atoms with Crippen LogP contribution in [-0.4, -0.2) is 80.9 Å². The average Bonchev–Trinajstić information content (AvgIpc) is 2.71. The number of aliphatic carboxylic acids is 3. The Morgan fingerprint density at radius 2 is 1.52 bits per heavy atom. The van der Waals surface area contributed by atoms with Gasteiger partial charge in [-0.1, -0.05) is 30.3 Å². The number of aliphatic hydroxyl groups is 1. The largest absolute Gasteiger partial charge is 0.481 e. The Labute approximate surface area is 187 Å². The molecule has 0 spiro atoms. The van der Waals surface area contributed by atoms with Gasteiger partial charge >= 0.3 is 23.9 Å². The van der Waals surface area contributed by atoms with Crippen molar-refractivity contribution in [2.75, 3.05) is 7.11 Å². The fourth-order valence-electron chi connectivity index (χ4n) is 2.82. The molecule has 0 saturated heterocycles. The van der Waals surface area contributed by atoms with Gasteiger partial charge in [0.05, 0.1) is 26.4 Å². The van der Waals surface area contributed by atoms with E-state index in [1.54, 1.807) is 30.3 Å². The van der Waals surface area contributed by atoms with Crippen LogP contribution in [0.3, 0.4) is 0 Å². The zero-order valence-electron chi connectivity index (χ0n) is 17.5. The van der Waals surface area contributed by atoms with E-state index in [9.17, 15) is 33.9 Å². The number of ether oxygens (including phenoxy) is 1. The molecule has 0 bridgehead atoms. The van der Waals surface area contributed by atoms with Gasteiger partial charge in [0.1, 0.15) is 12.1 Å². The lowest BCUT2D eigenvalue weighted by molar-refractivity contribution is -0.167. The van der Waals surface area contributed by atoms with Gasteiger partial charge in [-0.15, -0.1) is 0 Å². The minimum absolute atomic E-state index is 0.00956. The highest BCUT2D eigenvalue weighted by atomic mass is 16.5. The number of hydrogen-bond acceptors (Lipinski definition) is 8. The first-order valence-corrected chi connectivity index (χ1v) is 9.48. The lowest BCUT2D eigenvalue weighted by Crippen LogP contribution is -2.54. The molecule has 13 heteroatoms. The summed E-state index contributed by atoms with van der Waals surface area (Å²) in [6.45, 7) is 0. The normalized spacial score (nSPS) is 14.1. The third-order valence-electron chi connectivity index (χ3n) is 4.41. The maximum Gasteiger partial charge on any atom is 0.336 e. The number of carbonyl (C=O) groups is 6. The third kappa shape index (κ3) is 8.95. The quantitative estimate of drug-likeness (QED) is 0.184. The van der Waals surface area contributed by atoms with Crippen molar-refractivity contribution >= 4 is 35.7 Å². The zero-order valence-corrected chi connectivity index (χ0v) is 17.5. The summed E-state index contributed by atoms with van der Waals surface area (Å²) >= 11 is 0. The molecular weight excluding hydrogens is 444 g/mol. The molecule has 1 aromatic carbocycles. The van der Waals surface area contributed by atoms with Crippen LogP contribution < -0.4 is 10.6 Å². The Balaban J connectivity index is 3.00. The molecule has 0 aliphatic carbocycles. The van der Waals surface area contributed by atoms with Crippen LogP contribution in [0.5, 0.6) is 0 Å². The second-order valence-corrected chi connectivity index (χ2v) is 7.08. The average molecular weight is 468 g/mol. The molecule has 0 radical (unpaired) electrons.